The number of benzene rings is 1. The molecule has 8 heteroatoms. The van der Waals surface area contributed by atoms with Gasteiger partial charge in [0.2, 0.25) is 11.8 Å². The number of carbonyl (C=O) groups excluding carboxylic acids is 2. The van der Waals surface area contributed by atoms with Crippen LogP contribution in [0.1, 0.15) is 39.7 Å². The second-order valence-electron chi connectivity index (χ2n) is 8.91. The Bertz CT molecular complexity index is 1120. The third kappa shape index (κ3) is 8.59. The first-order valence-corrected chi connectivity index (χ1v) is 12.8. The minimum atomic E-state index is -0.561. The number of aromatic nitrogens is 1. The topological polar surface area (TPSA) is 101 Å². The highest BCUT2D eigenvalue weighted by Crippen LogP contribution is 2.30. The highest BCUT2D eigenvalue weighted by Gasteiger charge is 2.26. The molecular weight excluding hydrogens is 482 g/mol. The zero-order chi connectivity index (χ0) is 28.0. The molecule has 8 nitrogen and oxygen atoms in total. The highest BCUT2D eigenvalue weighted by molar-refractivity contribution is 5.83. The molecule has 2 aliphatic rings. The first-order valence-electron chi connectivity index (χ1n) is 12.8. The number of aliphatic hydroxyl groups is 1. The SMILES string of the molecule is CC.CC(C)(C=O)COc1ccc(C2=CC3=C(CC=C2)N(C(=O)CNc2ccccc2)CCO3)cn1.CO. The molecule has 2 aromatic rings. The Balaban J connectivity index is 0.00000121. The van der Waals surface area contributed by atoms with Gasteiger partial charge in [0.15, 0.2) is 0 Å². The van der Waals surface area contributed by atoms with Crippen molar-refractivity contribution in [2.45, 2.75) is 34.1 Å². The van der Waals surface area contributed by atoms with E-state index in [0.717, 1.165) is 35.9 Å². The number of nitrogens with one attached hydrogen (secondary N) is 1. The van der Waals surface area contributed by atoms with Gasteiger partial charge in [-0.3, -0.25) is 4.79 Å². The summed E-state index contributed by atoms with van der Waals surface area (Å²) in [5.74, 6) is 1.17. The Morgan fingerprint density at radius 2 is 1.92 bits per heavy atom. The summed E-state index contributed by atoms with van der Waals surface area (Å²) in [4.78, 5) is 30.2. The van der Waals surface area contributed by atoms with Gasteiger partial charge in [0.05, 0.1) is 24.2 Å². The van der Waals surface area contributed by atoms with Gasteiger partial charge in [-0.05, 0) is 43.7 Å². The van der Waals surface area contributed by atoms with E-state index in [1.165, 1.54) is 0 Å². The Morgan fingerprint density at radius 1 is 1.18 bits per heavy atom. The predicted octanol–water partition coefficient (Wildman–Crippen LogP) is 4.85. The van der Waals surface area contributed by atoms with Gasteiger partial charge < -0.3 is 29.6 Å². The van der Waals surface area contributed by atoms with Crippen LogP contribution in [0.3, 0.4) is 0 Å². The summed E-state index contributed by atoms with van der Waals surface area (Å²) in [6.45, 7) is 9.08. The van der Waals surface area contributed by atoms with Gasteiger partial charge >= 0.3 is 0 Å². The minimum Gasteiger partial charge on any atom is -0.490 e. The molecule has 1 aliphatic heterocycles. The fourth-order valence-corrected chi connectivity index (χ4v) is 3.64. The lowest BCUT2D eigenvalue weighted by Gasteiger charge is -2.31. The van der Waals surface area contributed by atoms with Crippen LogP contribution >= 0.6 is 0 Å². The van der Waals surface area contributed by atoms with Crippen LogP contribution < -0.4 is 10.1 Å². The lowest BCUT2D eigenvalue weighted by Crippen LogP contribution is -2.40. The number of aliphatic hydroxyl groups excluding tert-OH is 1. The van der Waals surface area contributed by atoms with E-state index in [4.69, 9.17) is 14.6 Å². The van der Waals surface area contributed by atoms with Crippen molar-refractivity contribution in [2.24, 2.45) is 5.41 Å². The fraction of sp³-hybridized carbons (Fsp3) is 0.367. The van der Waals surface area contributed by atoms with Crippen molar-refractivity contribution in [2.75, 3.05) is 38.7 Å². The summed E-state index contributed by atoms with van der Waals surface area (Å²) in [6.07, 6.45) is 9.21. The Kier molecular flexibility index (Phi) is 12.3. The van der Waals surface area contributed by atoms with Crippen molar-refractivity contribution < 1.29 is 24.2 Å². The molecule has 0 radical (unpaired) electrons. The average Bonchev–Trinajstić information content (AvgIpc) is 3.20. The molecule has 1 aliphatic carbocycles. The van der Waals surface area contributed by atoms with E-state index >= 15 is 0 Å². The van der Waals surface area contributed by atoms with Gasteiger partial charge in [-0.1, -0.05) is 44.2 Å². The number of para-hydroxylation sites is 1. The largest absolute Gasteiger partial charge is 0.490 e. The lowest BCUT2D eigenvalue weighted by molar-refractivity contribution is -0.129. The monoisotopic (exact) mass is 521 g/mol. The molecule has 0 atom stereocenters. The maximum atomic E-state index is 13.0. The van der Waals surface area contributed by atoms with Crippen LogP contribution in [0.4, 0.5) is 5.69 Å². The summed E-state index contributed by atoms with van der Waals surface area (Å²) in [7, 11) is 1.00. The highest BCUT2D eigenvalue weighted by atomic mass is 16.5. The van der Waals surface area contributed by atoms with Crippen molar-refractivity contribution >= 4 is 23.5 Å². The van der Waals surface area contributed by atoms with Gasteiger partial charge in [0.1, 0.15) is 25.3 Å². The lowest BCUT2D eigenvalue weighted by atomic mass is 9.98. The summed E-state index contributed by atoms with van der Waals surface area (Å²) < 4.78 is 11.6. The molecule has 2 heterocycles. The normalized spacial score (nSPS) is 14.3. The van der Waals surface area contributed by atoms with Crippen molar-refractivity contribution in [1.82, 2.24) is 9.88 Å². The zero-order valence-corrected chi connectivity index (χ0v) is 22.9. The van der Waals surface area contributed by atoms with Crippen LogP contribution in [0.2, 0.25) is 0 Å². The second-order valence-corrected chi connectivity index (χ2v) is 8.91. The summed E-state index contributed by atoms with van der Waals surface area (Å²) >= 11 is 0. The molecule has 0 unspecified atom stereocenters. The second kappa shape index (κ2) is 15.4. The molecule has 0 saturated heterocycles. The summed E-state index contributed by atoms with van der Waals surface area (Å²) in [5.41, 5.74) is 3.06. The van der Waals surface area contributed by atoms with Gasteiger partial charge in [-0.2, -0.15) is 0 Å². The number of aldehydes is 1. The van der Waals surface area contributed by atoms with E-state index in [1.807, 2.05) is 87.2 Å². The molecule has 4 rings (SSSR count). The number of allylic oxidation sites excluding steroid dienone is 4. The van der Waals surface area contributed by atoms with E-state index in [0.29, 0.717) is 31.2 Å². The Hall–Kier alpha value is -3.91. The van der Waals surface area contributed by atoms with Crippen molar-refractivity contribution in [3.63, 3.8) is 0 Å². The van der Waals surface area contributed by atoms with E-state index in [1.54, 1.807) is 12.3 Å². The molecule has 2 N–H and O–H groups in total. The smallest absolute Gasteiger partial charge is 0.246 e. The Labute approximate surface area is 225 Å². The number of anilines is 1. The number of ether oxygens (including phenoxy) is 2. The maximum Gasteiger partial charge on any atom is 0.246 e. The van der Waals surface area contributed by atoms with E-state index < -0.39 is 5.41 Å². The van der Waals surface area contributed by atoms with Crippen LogP contribution in [0.25, 0.3) is 5.57 Å². The molecular formula is C30H39N3O5. The minimum absolute atomic E-state index is 0.00585. The molecule has 38 heavy (non-hydrogen) atoms. The number of pyridine rings is 1. The molecule has 1 amide bonds. The van der Waals surface area contributed by atoms with E-state index in [9.17, 15) is 9.59 Å². The third-order valence-electron chi connectivity index (χ3n) is 5.58. The molecule has 0 saturated carbocycles. The van der Waals surface area contributed by atoms with Crippen molar-refractivity contribution in [3.8, 4) is 5.88 Å². The molecule has 1 aromatic carbocycles. The molecule has 204 valence electrons. The standard InChI is InChI=1S/C27H29N3O4.C2H6.CH4O/c1-27(2,18-31)19-34-25-12-11-21(16-29-25)20-7-6-10-23-24(15-20)33-14-13-30(23)26(32)17-28-22-8-4-3-5-9-22;2*1-2/h3-9,11-12,15-16,18,28H,10,13-14,17,19H2,1-2H3;1-2H3;2H,1H3. The van der Waals surface area contributed by atoms with Gasteiger partial charge in [-0.15, -0.1) is 0 Å². The number of carbonyl (C=O) groups is 2. The summed E-state index contributed by atoms with van der Waals surface area (Å²) in [5, 5.41) is 10.2. The quantitative estimate of drug-likeness (QED) is 0.479. The third-order valence-corrected chi connectivity index (χ3v) is 5.58. The Morgan fingerprint density at radius 3 is 2.58 bits per heavy atom. The molecule has 0 fully saturated rings. The van der Waals surface area contributed by atoms with Crippen LogP contribution in [0.15, 0.2) is 78.3 Å². The van der Waals surface area contributed by atoms with Gasteiger partial charge in [-0.25, -0.2) is 4.98 Å². The zero-order valence-electron chi connectivity index (χ0n) is 22.9. The van der Waals surface area contributed by atoms with Gasteiger partial charge in [0, 0.05) is 37.0 Å². The van der Waals surface area contributed by atoms with Crippen LogP contribution in [0.5, 0.6) is 5.88 Å². The predicted molar refractivity (Wildman–Crippen MR) is 150 cm³/mol. The number of hydrogen-bond acceptors (Lipinski definition) is 7. The van der Waals surface area contributed by atoms with E-state index in [2.05, 4.69) is 10.3 Å². The number of hydrogen-bond donors (Lipinski definition) is 2. The molecule has 0 bridgehead atoms. The number of nitrogens with zero attached hydrogens (tertiary/aromatic N) is 2. The van der Waals surface area contributed by atoms with Crippen LogP contribution in [-0.4, -0.2) is 60.6 Å². The average molecular weight is 522 g/mol. The van der Waals surface area contributed by atoms with Crippen molar-refractivity contribution in [3.05, 3.63) is 83.9 Å². The number of rotatable bonds is 8. The van der Waals surface area contributed by atoms with Gasteiger partial charge in [0.25, 0.3) is 0 Å². The van der Waals surface area contributed by atoms with Crippen molar-refractivity contribution in [1.29, 1.82) is 0 Å². The van der Waals surface area contributed by atoms with Crippen LogP contribution in [-0.2, 0) is 14.3 Å². The fourth-order valence-electron chi connectivity index (χ4n) is 3.64. The first kappa shape index (κ1) is 30.3. The molecule has 0 spiro atoms. The van der Waals surface area contributed by atoms with E-state index in [-0.39, 0.29) is 19.1 Å². The number of amides is 1. The maximum absolute atomic E-state index is 13.0. The molecule has 1 aromatic heterocycles. The van der Waals surface area contributed by atoms with Crippen LogP contribution in [0, 0.1) is 5.41 Å². The first-order chi connectivity index (χ1) is 18.4. The summed E-state index contributed by atoms with van der Waals surface area (Å²) in [6, 6.07) is 13.4.